The second kappa shape index (κ2) is 7.97. The van der Waals surface area contributed by atoms with Crippen molar-refractivity contribution in [2.45, 2.75) is 30.8 Å². The average molecular weight is 392 g/mol. The molecule has 0 saturated carbocycles. The number of hydrogen-bond donors (Lipinski definition) is 1. The zero-order valence-corrected chi connectivity index (χ0v) is 15.9. The van der Waals surface area contributed by atoms with Crippen molar-refractivity contribution in [3.8, 4) is 0 Å². The molecule has 0 bridgehead atoms. The number of rotatable bonds is 6. The minimum atomic E-state index is -0.402. The molecule has 3 aromatic rings. The maximum atomic E-state index is 13.0. The molecule has 2 aromatic heterocycles. The lowest BCUT2D eigenvalue weighted by Gasteiger charge is -2.15. The van der Waals surface area contributed by atoms with Gasteiger partial charge in [0.25, 0.3) is 5.56 Å². The Hall–Kier alpha value is -2.25. The number of amides is 1. The minimum Gasteiger partial charge on any atom is -0.467 e. The van der Waals surface area contributed by atoms with E-state index in [0.29, 0.717) is 33.4 Å². The van der Waals surface area contributed by atoms with Crippen molar-refractivity contribution in [1.29, 1.82) is 0 Å². The van der Waals surface area contributed by atoms with Gasteiger partial charge in [-0.2, -0.15) is 0 Å². The van der Waals surface area contributed by atoms with E-state index >= 15 is 0 Å². The summed E-state index contributed by atoms with van der Waals surface area (Å²) in [6.45, 7) is 4.42. The number of carbonyl (C=O) groups is 1. The van der Waals surface area contributed by atoms with Gasteiger partial charge in [0.2, 0.25) is 5.91 Å². The fourth-order valence-electron chi connectivity index (χ4n) is 2.49. The van der Waals surface area contributed by atoms with Crippen LogP contribution >= 0.6 is 23.4 Å². The van der Waals surface area contributed by atoms with Crippen LogP contribution in [0.25, 0.3) is 10.9 Å². The first-order valence-electron chi connectivity index (χ1n) is 8.16. The van der Waals surface area contributed by atoms with Gasteiger partial charge >= 0.3 is 0 Å². The number of fused-ring (bicyclic) bond motifs is 1. The molecule has 136 valence electrons. The van der Waals surface area contributed by atoms with Gasteiger partial charge in [0.05, 0.1) is 29.0 Å². The monoisotopic (exact) mass is 391 g/mol. The number of nitrogens with zero attached hydrogens (tertiary/aromatic N) is 2. The Labute approximate surface area is 159 Å². The highest BCUT2D eigenvalue weighted by Crippen LogP contribution is 2.24. The van der Waals surface area contributed by atoms with Gasteiger partial charge in [-0.15, -0.1) is 0 Å². The molecule has 0 spiro atoms. The largest absolute Gasteiger partial charge is 0.467 e. The zero-order valence-electron chi connectivity index (χ0n) is 14.4. The van der Waals surface area contributed by atoms with E-state index in [1.807, 2.05) is 6.92 Å². The highest BCUT2D eigenvalue weighted by molar-refractivity contribution is 8.00. The molecular weight excluding hydrogens is 374 g/mol. The summed E-state index contributed by atoms with van der Waals surface area (Å²) in [4.78, 5) is 29.7. The van der Waals surface area contributed by atoms with Gasteiger partial charge in [-0.05, 0) is 44.2 Å². The quantitative estimate of drug-likeness (QED) is 0.515. The number of carbonyl (C=O) groups excluding carboxylic acids is 1. The van der Waals surface area contributed by atoms with Crippen molar-refractivity contribution in [1.82, 2.24) is 14.9 Å². The number of benzene rings is 1. The van der Waals surface area contributed by atoms with Crippen molar-refractivity contribution in [2.24, 2.45) is 0 Å². The molecular formula is C18H18ClN3O3S. The fraction of sp³-hybridized carbons (Fsp3) is 0.278. The Kier molecular flexibility index (Phi) is 5.68. The summed E-state index contributed by atoms with van der Waals surface area (Å²) in [5, 5.41) is 3.79. The predicted molar refractivity (Wildman–Crippen MR) is 103 cm³/mol. The third-order valence-corrected chi connectivity index (χ3v) is 5.10. The van der Waals surface area contributed by atoms with Crippen molar-refractivity contribution in [2.75, 3.05) is 6.54 Å². The van der Waals surface area contributed by atoms with Crippen LogP contribution in [0.1, 0.15) is 19.6 Å². The third kappa shape index (κ3) is 3.94. The lowest BCUT2D eigenvalue weighted by molar-refractivity contribution is -0.120. The molecule has 1 N–H and O–H groups in total. The van der Waals surface area contributed by atoms with E-state index in [0.717, 1.165) is 0 Å². The van der Waals surface area contributed by atoms with E-state index in [-0.39, 0.29) is 18.0 Å². The first-order valence-corrected chi connectivity index (χ1v) is 9.42. The summed E-state index contributed by atoms with van der Waals surface area (Å²) < 4.78 is 6.90. The van der Waals surface area contributed by atoms with Crippen molar-refractivity contribution in [3.63, 3.8) is 0 Å². The summed E-state index contributed by atoms with van der Waals surface area (Å²) in [5.41, 5.74) is 0.303. The van der Waals surface area contributed by atoms with Gasteiger partial charge in [-0.3, -0.25) is 14.2 Å². The van der Waals surface area contributed by atoms with Crippen LogP contribution in [0.4, 0.5) is 0 Å². The number of furan rings is 1. The van der Waals surface area contributed by atoms with E-state index in [1.165, 1.54) is 16.3 Å². The summed E-state index contributed by atoms with van der Waals surface area (Å²) in [5.74, 6) is 0.525. The van der Waals surface area contributed by atoms with Crippen molar-refractivity contribution < 1.29 is 9.21 Å². The van der Waals surface area contributed by atoms with Crippen LogP contribution in [0, 0.1) is 0 Å². The van der Waals surface area contributed by atoms with Gasteiger partial charge in [-0.1, -0.05) is 23.4 Å². The maximum Gasteiger partial charge on any atom is 0.262 e. The Bertz CT molecular complexity index is 985. The van der Waals surface area contributed by atoms with E-state index in [1.54, 1.807) is 43.5 Å². The molecule has 1 atom stereocenters. The molecule has 6 nitrogen and oxygen atoms in total. The first kappa shape index (κ1) is 18.5. The van der Waals surface area contributed by atoms with Crippen LogP contribution in [-0.4, -0.2) is 27.3 Å². The SMILES string of the molecule is CCNC(=O)[C@@H](C)Sc1nc2cc(Cl)ccc2c(=O)n1Cc1ccco1. The van der Waals surface area contributed by atoms with Crippen LogP contribution in [-0.2, 0) is 11.3 Å². The normalized spacial score (nSPS) is 12.3. The van der Waals surface area contributed by atoms with Gasteiger partial charge in [0, 0.05) is 11.6 Å². The molecule has 1 amide bonds. The van der Waals surface area contributed by atoms with E-state index in [4.69, 9.17) is 16.0 Å². The van der Waals surface area contributed by atoms with E-state index < -0.39 is 5.25 Å². The molecule has 0 unspecified atom stereocenters. The predicted octanol–water partition coefficient (Wildman–Crippen LogP) is 3.31. The lowest BCUT2D eigenvalue weighted by atomic mass is 10.2. The van der Waals surface area contributed by atoms with Gasteiger partial charge in [-0.25, -0.2) is 4.98 Å². The first-order chi connectivity index (χ1) is 12.5. The second-order valence-corrected chi connectivity index (χ2v) is 7.43. The smallest absolute Gasteiger partial charge is 0.262 e. The van der Waals surface area contributed by atoms with Gasteiger partial charge in [0.1, 0.15) is 5.76 Å². The lowest BCUT2D eigenvalue weighted by Crippen LogP contribution is -2.32. The topological polar surface area (TPSA) is 77.1 Å². The molecule has 3 rings (SSSR count). The van der Waals surface area contributed by atoms with Crippen LogP contribution in [0.15, 0.2) is 51.0 Å². The number of halogens is 1. The summed E-state index contributed by atoms with van der Waals surface area (Å²) in [6, 6.07) is 8.52. The van der Waals surface area contributed by atoms with E-state index in [9.17, 15) is 9.59 Å². The third-order valence-electron chi connectivity index (χ3n) is 3.78. The average Bonchev–Trinajstić information content (AvgIpc) is 3.11. The maximum absolute atomic E-state index is 13.0. The molecule has 2 heterocycles. The van der Waals surface area contributed by atoms with Crippen LogP contribution in [0.2, 0.25) is 5.02 Å². The molecule has 0 aliphatic heterocycles. The molecule has 0 aliphatic carbocycles. The molecule has 8 heteroatoms. The number of hydrogen-bond acceptors (Lipinski definition) is 5. The molecule has 0 radical (unpaired) electrons. The van der Waals surface area contributed by atoms with Crippen LogP contribution in [0.5, 0.6) is 0 Å². The highest BCUT2D eigenvalue weighted by atomic mass is 35.5. The van der Waals surface area contributed by atoms with Gasteiger partial charge in [0.15, 0.2) is 5.16 Å². The zero-order chi connectivity index (χ0) is 18.7. The highest BCUT2D eigenvalue weighted by Gasteiger charge is 2.19. The summed E-state index contributed by atoms with van der Waals surface area (Å²) in [7, 11) is 0. The Balaban J connectivity index is 2.08. The van der Waals surface area contributed by atoms with E-state index in [2.05, 4.69) is 10.3 Å². The number of thioether (sulfide) groups is 1. The van der Waals surface area contributed by atoms with Gasteiger partial charge < -0.3 is 9.73 Å². The summed E-state index contributed by atoms with van der Waals surface area (Å²) in [6.07, 6.45) is 1.55. The van der Waals surface area contributed by atoms with Crippen molar-refractivity contribution in [3.05, 3.63) is 57.7 Å². The fourth-order valence-corrected chi connectivity index (χ4v) is 3.59. The minimum absolute atomic E-state index is 0.109. The number of nitrogens with one attached hydrogen (secondary N) is 1. The molecule has 0 saturated heterocycles. The van der Waals surface area contributed by atoms with Crippen molar-refractivity contribution >= 4 is 40.2 Å². The Morgan fingerprint density at radius 2 is 2.23 bits per heavy atom. The molecule has 0 fully saturated rings. The molecule has 1 aromatic carbocycles. The molecule has 0 aliphatic rings. The van der Waals surface area contributed by atoms with Crippen LogP contribution < -0.4 is 10.9 Å². The Morgan fingerprint density at radius 1 is 1.42 bits per heavy atom. The summed E-state index contributed by atoms with van der Waals surface area (Å²) >= 11 is 7.27. The number of aromatic nitrogens is 2. The molecule has 26 heavy (non-hydrogen) atoms. The Morgan fingerprint density at radius 3 is 2.92 bits per heavy atom. The second-order valence-electron chi connectivity index (χ2n) is 5.68. The van der Waals surface area contributed by atoms with Crippen LogP contribution in [0.3, 0.4) is 0 Å². The standard InChI is InChI=1S/C18H18ClN3O3S/c1-3-20-16(23)11(2)26-18-21-15-9-12(19)6-7-14(15)17(24)22(18)10-13-5-4-8-25-13/h4-9,11H,3,10H2,1-2H3,(H,20,23)/t11-/m1/s1.